The maximum Gasteiger partial charge on any atom is 0.166 e. The Morgan fingerprint density at radius 3 is 2.95 bits per heavy atom. The lowest BCUT2D eigenvalue weighted by atomic mass is 9.97. The Kier molecular flexibility index (Phi) is 4.10. The zero-order chi connectivity index (χ0) is 14.9. The molecule has 1 aliphatic rings. The van der Waals surface area contributed by atoms with Crippen LogP contribution >= 0.6 is 11.8 Å². The topological polar surface area (TPSA) is 70.2 Å². The number of fused-ring (bicyclic) bond motifs is 1. The number of methoxy groups -OCH3 is 1. The lowest BCUT2D eigenvalue weighted by molar-refractivity contribution is 0.167. The molecule has 1 unspecified atom stereocenters. The van der Waals surface area contributed by atoms with Gasteiger partial charge in [0.1, 0.15) is 5.75 Å². The van der Waals surface area contributed by atoms with Crippen molar-refractivity contribution >= 4 is 22.8 Å². The minimum atomic E-state index is -0.193. The van der Waals surface area contributed by atoms with Crippen LogP contribution < -0.4 is 10.1 Å². The van der Waals surface area contributed by atoms with Gasteiger partial charge in [0.25, 0.3) is 0 Å². The largest absolute Gasteiger partial charge is 0.497 e. The maximum atomic E-state index is 9.75. The van der Waals surface area contributed by atoms with Crippen molar-refractivity contribution in [1.29, 1.82) is 0 Å². The van der Waals surface area contributed by atoms with E-state index in [0.717, 1.165) is 27.7 Å². The van der Waals surface area contributed by atoms with Gasteiger partial charge in [0.15, 0.2) is 5.16 Å². The van der Waals surface area contributed by atoms with E-state index < -0.39 is 0 Å². The number of hydrogen-bond acceptors (Lipinski definition) is 5. The van der Waals surface area contributed by atoms with E-state index in [-0.39, 0.29) is 12.1 Å². The monoisotopic (exact) mass is 307 g/mol. The zero-order valence-corrected chi connectivity index (χ0v) is 13.2. The average Bonchev–Trinajstić information content (AvgIpc) is 3.28. The summed E-state index contributed by atoms with van der Waals surface area (Å²) in [7, 11) is 3.59. The van der Waals surface area contributed by atoms with Gasteiger partial charge < -0.3 is 20.1 Å². The van der Waals surface area contributed by atoms with E-state index >= 15 is 0 Å². The van der Waals surface area contributed by atoms with Crippen LogP contribution in [0.2, 0.25) is 0 Å². The molecule has 0 amide bonds. The normalized spacial score (nSPS) is 17.9. The molecule has 0 radical (unpaired) electrons. The van der Waals surface area contributed by atoms with Gasteiger partial charge in [-0.1, -0.05) is 11.8 Å². The molecule has 1 fully saturated rings. The second-order valence-electron chi connectivity index (χ2n) is 5.55. The molecular formula is C15H21N3O2S. The number of thioether (sulfide) groups is 1. The molecule has 1 atom stereocenters. The molecule has 0 aliphatic heterocycles. The summed E-state index contributed by atoms with van der Waals surface area (Å²) in [5.74, 6) is 2.20. The Morgan fingerprint density at radius 1 is 1.52 bits per heavy atom. The Balaban J connectivity index is 1.75. The smallest absolute Gasteiger partial charge is 0.166 e. The van der Waals surface area contributed by atoms with Gasteiger partial charge in [0, 0.05) is 11.8 Å². The van der Waals surface area contributed by atoms with Gasteiger partial charge in [0.05, 0.1) is 30.3 Å². The molecule has 1 saturated carbocycles. The molecule has 1 aliphatic carbocycles. The van der Waals surface area contributed by atoms with Crippen LogP contribution in [-0.4, -0.2) is 47.1 Å². The molecule has 1 aromatic carbocycles. The van der Waals surface area contributed by atoms with Crippen molar-refractivity contribution in [2.75, 3.05) is 26.5 Å². The van der Waals surface area contributed by atoms with Crippen LogP contribution in [0.4, 0.5) is 0 Å². The molecular weight excluding hydrogens is 286 g/mol. The van der Waals surface area contributed by atoms with Crippen molar-refractivity contribution in [3.8, 4) is 5.75 Å². The van der Waals surface area contributed by atoms with Crippen molar-refractivity contribution in [3.05, 3.63) is 18.2 Å². The number of hydrogen-bond donors (Lipinski definition) is 3. The molecule has 3 rings (SSSR count). The van der Waals surface area contributed by atoms with E-state index in [0.29, 0.717) is 5.92 Å². The molecule has 0 spiro atoms. The Morgan fingerprint density at radius 2 is 2.33 bits per heavy atom. The van der Waals surface area contributed by atoms with E-state index in [1.807, 2.05) is 25.2 Å². The van der Waals surface area contributed by atoms with Crippen molar-refractivity contribution in [2.24, 2.45) is 5.92 Å². The first-order valence-electron chi connectivity index (χ1n) is 7.17. The molecule has 0 saturated heterocycles. The summed E-state index contributed by atoms with van der Waals surface area (Å²) in [6.07, 6.45) is 2.39. The molecule has 2 aromatic rings. The number of aliphatic hydroxyl groups excluding tert-OH is 1. The highest BCUT2D eigenvalue weighted by molar-refractivity contribution is 7.99. The van der Waals surface area contributed by atoms with E-state index in [2.05, 4.69) is 15.3 Å². The first-order chi connectivity index (χ1) is 10.2. The number of aromatic amines is 1. The van der Waals surface area contributed by atoms with Crippen LogP contribution in [0.15, 0.2) is 23.4 Å². The first-order valence-corrected chi connectivity index (χ1v) is 8.15. The molecule has 21 heavy (non-hydrogen) atoms. The minimum absolute atomic E-state index is 0.162. The van der Waals surface area contributed by atoms with Crippen molar-refractivity contribution in [1.82, 2.24) is 15.3 Å². The molecule has 1 heterocycles. The van der Waals surface area contributed by atoms with Crippen LogP contribution in [0.25, 0.3) is 11.0 Å². The van der Waals surface area contributed by atoms with E-state index in [9.17, 15) is 5.11 Å². The second-order valence-corrected chi connectivity index (χ2v) is 6.52. The van der Waals surface area contributed by atoms with Crippen LogP contribution in [0.3, 0.4) is 0 Å². The fourth-order valence-electron chi connectivity index (χ4n) is 2.64. The number of aromatic nitrogens is 2. The van der Waals surface area contributed by atoms with Gasteiger partial charge in [-0.3, -0.25) is 0 Å². The van der Waals surface area contributed by atoms with Crippen LogP contribution in [0, 0.1) is 5.92 Å². The van der Waals surface area contributed by atoms with Gasteiger partial charge in [-0.15, -0.1) is 0 Å². The molecule has 3 N–H and O–H groups in total. The quantitative estimate of drug-likeness (QED) is 0.683. The van der Waals surface area contributed by atoms with E-state index in [1.54, 1.807) is 18.9 Å². The van der Waals surface area contributed by atoms with Gasteiger partial charge in [-0.25, -0.2) is 4.98 Å². The summed E-state index contributed by atoms with van der Waals surface area (Å²) in [5.41, 5.74) is 1.72. The number of likely N-dealkylation sites (N-methyl/N-ethyl adjacent to an activating group) is 1. The predicted molar refractivity (Wildman–Crippen MR) is 85.0 cm³/mol. The van der Waals surface area contributed by atoms with Crippen molar-refractivity contribution in [3.63, 3.8) is 0 Å². The highest BCUT2D eigenvalue weighted by Crippen LogP contribution is 2.41. The van der Waals surface area contributed by atoms with Crippen molar-refractivity contribution in [2.45, 2.75) is 23.5 Å². The number of H-pyrrole nitrogens is 1. The van der Waals surface area contributed by atoms with Crippen LogP contribution in [0.1, 0.15) is 12.8 Å². The fraction of sp³-hybridized carbons (Fsp3) is 0.533. The summed E-state index contributed by atoms with van der Waals surface area (Å²) >= 11 is 1.65. The third-order valence-corrected chi connectivity index (χ3v) is 5.40. The summed E-state index contributed by atoms with van der Waals surface area (Å²) < 4.78 is 5.22. The third kappa shape index (κ3) is 2.88. The van der Waals surface area contributed by atoms with Gasteiger partial charge in [-0.2, -0.15) is 0 Å². The predicted octanol–water partition coefficient (Wildman–Crippen LogP) is 2.02. The van der Waals surface area contributed by atoms with Gasteiger partial charge in [-0.05, 0) is 37.9 Å². The molecule has 0 bridgehead atoms. The van der Waals surface area contributed by atoms with Crippen LogP contribution in [0.5, 0.6) is 5.75 Å². The Bertz CT molecular complexity index is 620. The van der Waals surface area contributed by atoms with E-state index in [1.165, 1.54) is 12.8 Å². The average molecular weight is 307 g/mol. The summed E-state index contributed by atoms with van der Waals surface area (Å²) in [6.45, 7) is 0.162. The molecule has 6 heteroatoms. The number of benzene rings is 1. The van der Waals surface area contributed by atoms with Gasteiger partial charge >= 0.3 is 0 Å². The fourth-order valence-corrected chi connectivity index (χ4v) is 3.85. The summed E-state index contributed by atoms with van der Waals surface area (Å²) in [4.78, 5) is 7.89. The standard InChI is InChI=1S/C15H21N3O2S/c1-16-15(8-19,10-3-4-10)9-21-14-17-12-6-5-11(20-2)7-13(12)18-14/h5-7,10,16,19H,3-4,8-9H2,1-2H3,(H,17,18). The van der Waals surface area contributed by atoms with Crippen molar-refractivity contribution < 1.29 is 9.84 Å². The number of ether oxygens (including phenoxy) is 1. The number of nitrogens with zero attached hydrogens (tertiary/aromatic N) is 1. The van der Waals surface area contributed by atoms with E-state index in [4.69, 9.17) is 4.74 Å². The third-order valence-electron chi connectivity index (χ3n) is 4.27. The zero-order valence-electron chi connectivity index (χ0n) is 12.3. The minimum Gasteiger partial charge on any atom is -0.497 e. The first kappa shape index (κ1) is 14.7. The van der Waals surface area contributed by atoms with Crippen LogP contribution in [-0.2, 0) is 0 Å². The second kappa shape index (κ2) is 5.87. The maximum absolute atomic E-state index is 9.75. The Hall–Kier alpha value is -1.24. The lowest BCUT2D eigenvalue weighted by Crippen LogP contribution is -2.51. The highest BCUT2D eigenvalue weighted by atomic mass is 32.2. The molecule has 114 valence electrons. The number of aliphatic hydroxyl groups is 1. The highest BCUT2D eigenvalue weighted by Gasteiger charge is 2.43. The van der Waals surface area contributed by atoms with Gasteiger partial charge in [0.2, 0.25) is 0 Å². The lowest BCUT2D eigenvalue weighted by Gasteiger charge is -2.31. The molecule has 1 aromatic heterocycles. The number of rotatable bonds is 7. The SMILES string of the molecule is CNC(CO)(CSc1nc2ccc(OC)cc2[nH]1)C1CC1. The Labute approximate surface area is 128 Å². The number of nitrogens with one attached hydrogen (secondary N) is 2. The molecule has 5 nitrogen and oxygen atoms in total. The summed E-state index contributed by atoms with van der Waals surface area (Å²) in [5, 5.41) is 13.9. The number of imidazole rings is 1. The summed E-state index contributed by atoms with van der Waals surface area (Å²) in [6, 6.07) is 5.81.